The molecule has 1 aliphatic carbocycles. The lowest BCUT2D eigenvalue weighted by Gasteiger charge is -2.21. The van der Waals surface area contributed by atoms with E-state index in [0.717, 1.165) is 6.42 Å². The zero-order valence-electron chi connectivity index (χ0n) is 9.37. The fraction of sp³-hybridized carbons (Fsp3) is 1.00. The van der Waals surface area contributed by atoms with Gasteiger partial charge in [-0.25, -0.2) is 13.1 Å². The third kappa shape index (κ3) is 6.87. The van der Waals surface area contributed by atoms with Crippen molar-refractivity contribution in [1.82, 2.24) is 4.72 Å². The highest BCUT2D eigenvalue weighted by Gasteiger charge is 2.12. The van der Waals surface area contributed by atoms with Crippen LogP contribution in [0.3, 0.4) is 0 Å². The summed E-state index contributed by atoms with van der Waals surface area (Å²) < 4.78 is 29.6. The molecule has 1 fully saturated rings. The Labute approximate surface area is 92.4 Å². The molecule has 0 atom stereocenters. The van der Waals surface area contributed by atoms with Crippen molar-refractivity contribution in [3.05, 3.63) is 0 Å². The first-order valence-corrected chi connectivity index (χ1v) is 7.53. The van der Waals surface area contributed by atoms with Crippen molar-refractivity contribution in [2.24, 2.45) is 0 Å². The molecule has 0 amide bonds. The van der Waals surface area contributed by atoms with Gasteiger partial charge in [0.2, 0.25) is 10.0 Å². The summed E-state index contributed by atoms with van der Waals surface area (Å²) in [5.74, 6) is 0. The lowest BCUT2D eigenvalue weighted by molar-refractivity contribution is 0.0278. The van der Waals surface area contributed by atoms with Crippen LogP contribution in [0.15, 0.2) is 0 Å². The van der Waals surface area contributed by atoms with Crippen molar-refractivity contribution in [1.29, 1.82) is 0 Å². The average molecular weight is 235 g/mol. The van der Waals surface area contributed by atoms with E-state index in [1.54, 1.807) is 0 Å². The zero-order valence-corrected chi connectivity index (χ0v) is 10.2. The molecule has 1 aliphatic rings. The smallest absolute Gasteiger partial charge is 0.208 e. The van der Waals surface area contributed by atoms with E-state index in [4.69, 9.17) is 4.74 Å². The Hall–Kier alpha value is -0.130. The second-order valence-corrected chi connectivity index (χ2v) is 5.98. The minimum atomic E-state index is -3.04. The van der Waals surface area contributed by atoms with Gasteiger partial charge in [-0.3, -0.25) is 0 Å². The van der Waals surface area contributed by atoms with Gasteiger partial charge in [-0.15, -0.1) is 0 Å². The van der Waals surface area contributed by atoms with Crippen LogP contribution in [-0.4, -0.2) is 33.9 Å². The molecule has 0 spiro atoms. The van der Waals surface area contributed by atoms with Crippen molar-refractivity contribution in [3.8, 4) is 0 Å². The quantitative estimate of drug-likeness (QED) is 0.705. The molecule has 90 valence electrons. The van der Waals surface area contributed by atoms with Crippen LogP contribution in [0.4, 0.5) is 0 Å². The van der Waals surface area contributed by atoms with E-state index in [1.165, 1.54) is 38.4 Å². The molecule has 0 aromatic heterocycles. The Bertz CT molecular complexity index is 258. The lowest BCUT2D eigenvalue weighted by Crippen LogP contribution is -2.25. The van der Waals surface area contributed by atoms with Gasteiger partial charge in [0.25, 0.3) is 0 Å². The molecule has 0 aromatic carbocycles. The summed E-state index contributed by atoms with van der Waals surface area (Å²) in [5, 5.41) is 0. The maximum Gasteiger partial charge on any atom is 0.208 e. The molecule has 0 unspecified atom stereocenters. The summed E-state index contributed by atoms with van der Waals surface area (Å²) in [6, 6.07) is 0. The number of sulfonamides is 1. The molecule has 0 saturated heterocycles. The van der Waals surface area contributed by atoms with Crippen LogP contribution in [0.2, 0.25) is 0 Å². The molecular formula is C10H21NO3S. The monoisotopic (exact) mass is 235 g/mol. The van der Waals surface area contributed by atoms with E-state index >= 15 is 0 Å². The van der Waals surface area contributed by atoms with Crippen LogP contribution < -0.4 is 4.72 Å². The number of hydrogen-bond acceptors (Lipinski definition) is 3. The third-order valence-electron chi connectivity index (χ3n) is 2.59. The lowest BCUT2D eigenvalue weighted by atomic mass is 9.98. The minimum absolute atomic E-state index is 0.414. The predicted octanol–water partition coefficient (Wildman–Crippen LogP) is 1.27. The fourth-order valence-corrected chi connectivity index (χ4v) is 2.33. The van der Waals surface area contributed by atoms with Crippen LogP contribution in [0.5, 0.6) is 0 Å². The van der Waals surface area contributed by atoms with Gasteiger partial charge >= 0.3 is 0 Å². The van der Waals surface area contributed by atoms with Crippen LogP contribution in [0, 0.1) is 0 Å². The van der Waals surface area contributed by atoms with E-state index < -0.39 is 10.0 Å². The molecule has 4 nitrogen and oxygen atoms in total. The molecule has 1 rings (SSSR count). The molecular weight excluding hydrogens is 214 g/mol. The summed E-state index contributed by atoms with van der Waals surface area (Å²) in [6.07, 6.45) is 8.54. The van der Waals surface area contributed by atoms with Gasteiger partial charge < -0.3 is 4.74 Å². The Kier molecular flexibility index (Phi) is 5.56. The molecule has 0 heterocycles. The highest BCUT2D eigenvalue weighted by Crippen LogP contribution is 2.20. The maximum absolute atomic E-state index is 10.7. The van der Waals surface area contributed by atoms with E-state index in [1.807, 2.05) is 0 Å². The molecule has 5 heteroatoms. The second-order valence-electron chi connectivity index (χ2n) is 4.15. The molecule has 0 radical (unpaired) electrons. The number of rotatable bonds is 6. The van der Waals surface area contributed by atoms with Crippen LogP contribution in [0.25, 0.3) is 0 Å². The van der Waals surface area contributed by atoms with E-state index in [0.29, 0.717) is 19.3 Å². The van der Waals surface area contributed by atoms with E-state index in [-0.39, 0.29) is 0 Å². The largest absolute Gasteiger partial charge is 0.378 e. The van der Waals surface area contributed by atoms with Crippen LogP contribution >= 0.6 is 0 Å². The minimum Gasteiger partial charge on any atom is -0.378 e. The predicted molar refractivity (Wildman–Crippen MR) is 60.3 cm³/mol. The molecule has 1 saturated carbocycles. The Morgan fingerprint density at radius 3 is 2.53 bits per heavy atom. The number of nitrogens with one attached hydrogen (secondary N) is 1. The zero-order chi connectivity index (χ0) is 11.1. The highest BCUT2D eigenvalue weighted by atomic mass is 32.2. The summed E-state index contributed by atoms with van der Waals surface area (Å²) >= 11 is 0. The first kappa shape index (κ1) is 12.9. The topological polar surface area (TPSA) is 55.4 Å². The molecule has 1 N–H and O–H groups in total. The highest BCUT2D eigenvalue weighted by molar-refractivity contribution is 7.88. The Balaban J connectivity index is 1.96. The van der Waals surface area contributed by atoms with Crippen molar-refractivity contribution in [3.63, 3.8) is 0 Å². The average Bonchev–Trinajstić information content (AvgIpc) is 2.17. The van der Waals surface area contributed by atoms with Crippen LogP contribution in [0.1, 0.15) is 38.5 Å². The number of ether oxygens (including phenoxy) is 1. The van der Waals surface area contributed by atoms with Gasteiger partial charge in [-0.05, 0) is 19.3 Å². The first-order valence-electron chi connectivity index (χ1n) is 5.64. The Morgan fingerprint density at radius 1 is 1.27 bits per heavy atom. The van der Waals surface area contributed by atoms with E-state index in [9.17, 15) is 8.42 Å². The maximum atomic E-state index is 10.7. The van der Waals surface area contributed by atoms with Gasteiger partial charge in [0, 0.05) is 13.2 Å². The molecule has 15 heavy (non-hydrogen) atoms. The van der Waals surface area contributed by atoms with Crippen molar-refractivity contribution >= 4 is 10.0 Å². The third-order valence-corrected chi connectivity index (χ3v) is 3.32. The van der Waals surface area contributed by atoms with Gasteiger partial charge in [-0.1, -0.05) is 19.3 Å². The fourth-order valence-electron chi connectivity index (χ4n) is 1.81. The molecule has 0 aromatic rings. The van der Waals surface area contributed by atoms with Gasteiger partial charge in [-0.2, -0.15) is 0 Å². The van der Waals surface area contributed by atoms with Crippen molar-refractivity contribution < 1.29 is 13.2 Å². The van der Waals surface area contributed by atoms with E-state index in [2.05, 4.69) is 4.72 Å². The SMILES string of the molecule is CS(=O)(=O)NCCCOC1CCCCC1. The van der Waals surface area contributed by atoms with Gasteiger partial charge in [0.15, 0.2) is 0 Å². The normalized spacial score (nSPS) is 19.3. The molecule has 0 aliphatic heterocycles. The van der Waals surface area contributed by atoms with Crippen molar-refractivity contribution in [2.75, 3.05) is 19.4 Å². The number of hydrogen-bond donors (Lipinski definition) is 1. The van der Waals surface area contributed by atoms with Crippen molar-refractivity contribution in [2.45, 2.75) is 44.6 Å². The molecule has 0 bridgehead atoms. The first-order chi connectivity index (χ1) is 7.08. The summed E-state index contributed by atoms with van der Waals surface area (Å²) in [7, 11) is -3.04. The summed E-state index contributed by atoms with van der Waals surface area (Å²) in [5.41, 5.74) is 0. The van der Waals surface area contributed by atoms with Gasteiger partial charge in [0.05, 0.1) is 12.4 Å². The van der Waals surface area contributed by atoms with Gasteiger partial charge in [0.1, 0.15) is 0 Å². The standard InChI is InChI=1S/C10H21NO3S/c1-15(12,13)11-8-5-9-14-10-6-3-2-4-7-10/h10-11H,2-9H2,1H3. The van der Waals surface area contributed by atoms with Crippen LogP contribution in [-0.2, 0) is 14.8 Å². The Morgan fingerprint density at radius 2 is 1.93 bits per heavy atom. The second kappa shape index (κ2) is 6.45. The summed E-state index contributed by atoms with van der Waals surface area (Å²) in [4.78, 5) is 0. The summed E-state index contributed by atoms with van der Waals surface area (Å²) in [6.45, 7) is 1.14.